The maximum atomic E-state index is 4.84. The summed E-state index contributed by atoms with van der Waals surface area (Å²) >= 11 is 0. The van der Waals surface area contributed by atoms with Gasteiger partial charge in [0.1, 0.15) is 0 Å². The van der Waals surface area contributed by atoms with E-state index in [1.807, 2.05) is 13.0 Å². The van der Waals surface area contributed by atoms with Crippen molar-refractivity contribution in [2.75, 3.05) is 0 Å². The molecule has 0 atom stereocenters. The first-order chi connectivity index (χ1) is 4.43. The van der Waals surface area contributed by atoms with Crippen LogP contribution in [0.3, 0.4) is 0 Å². The van der Waals surface area contributed by atoms with Crippen LogP contribution in [0, 0.1) is 11.8 Å². The minimum absolute atomic E-state index is 0.799. The van der Waals surface area contributed by atoms with Crippen molar-refractivity contribution in [2.45, 2.75) is 13.3 Å². The van der Waals surface area contributed by atoms with Crippen LogP contribution in [0.5, 0.6) is 0 Å². The summed E-state index contributed by atoms with van der Waals surface area (Å²) in [6.45, 7) is 1.83. The SMILES string of the molecule is CC#CCc1ccoc1. The highest BCUT2D eigenvalue weighted by Gasteiger charge is 1.86. The Bertz CT molecular complexity index is 210. The summed E-state index contributed by atoms with van der Waals surface area (Å²) in [6, 6.07) is 1.92. The third kappa shape index (κ3) is 1.65. The molecule has 0 aliphatic rings. The smallest absolute Gasteiger partial charge is 0.0944 e. The van der Waals surface area contributed by atoms with E-state index in [4.69, 9.17) is 4.42 Å². The third-order valence-electron chi connectivity index (χ3n) is 1.05. The van der Waals surface area contributed by atoms with Crippen molar-refractivity contribution in [3.8, 4) is 11.8 Å². The van der Waals surface area contributed by atoms with Crippen LogP contribution in [0.1, 0.15) is 12.5 Å². The van der Waals surface area contributed by atoms with E-state index in [1.54, 1.807) is 12.5 Å². The molecule has 1 heterocycles. The van der Waals surface area contributed by atoms with E-state index in [0.717, 1.165) is 12.0 Å². The standard InChI is InChI=1S/C8H8O/c1-2-3-4-8-5-6-9-7-8/h5-7H,4H2,1H3. The number of hydrogen-bond donors (Lipinski definition) is 0. The second-order valence-electron chi connectivity index (χ2n) is 1.74. The number of rotatable bonds is 1. The van der Waals surface area contributed by atoms with E-state index in [2.05, 4.69) is 11.8 Å². The molecule has 46 valence electrons. The van der Waals surface area contributed by atoms with Crippen LogP contribution >= 0.6 is 0 Å². The van der Waals surface area contributed by atoms with Crippen molar-refractivity contribution in [2.24, 2.45) is 0 Å². The zero-order valence-electron chi connectivity index (χ0n) is 5.35. The predicted octanol–water partition coefficient (Wildman–Crippen LogP) is 1.85. The quantitative estimate of drug-likeness (QED) is 0.515. The first-order valence-electron chi connectivity index (χ1n) is 2.84. The summed E-state index contributed by atoms with van der Waals surface area (Å²) in [5, 5.41) is 0. The molecule has 0 amide bonds. The zero-order chi connectivity index (χ0) is 6.53. The molecule has 1 aromatic heterocycles. The normalized spacial score (nSPS) is 8.11. The number of furan rings is 1. The van der Waals surface area contributed by atoms with E-state index in [-0.39, 0.29) is 0 Å². The molecule has 1 aromatic rings. The Balaban J connectivity index is 2.54. The minimum atomic E-state index is 0.799. The molecule has 0 aliphatic carbocycles. The molecule has 0 aliphatic heterocycles. The summed E-state index contributed by atoms with van der Waals surface area (Å²) in [4.78, 5) is 0. The van der Waals surface area contributed by atoms with Gasteiger partial charge in [0.05, 0.1) is 12.5 Å². The molecule has 0 radical (unpaired) electrons. The van der Waals surface area contributed by atoms with Crippen molar-refractivity contribution in [1.29, 1.82) is 0 Å². The molecule has 0 saturated heterocycles. The Morgan fingerprint density at radius 2 is 2.56 bits per heavy atom. The average molecular weight is 120 g/mol. The van der Waals surface area contributed by atoms with E-state index < -0.39 is 0 Å². The highest BCUT2D eigenvalue weighted by molar-refractivity contribution is 5.14. The lowest BCUT2D eigenvalue weighted by Gasteiger charge is -1.78. The van der Waals surface area contributed by atoms with E-state index in [1.165, 1.54) is 0 Å². The molecule has 0 bridgehead atoms. The van der Waals surface area contributed by atoms with Crippen LogP contribution < -0.4 is 0 Å². The zero-order valence-corrected chi connectivity index (χ0v) is 5.35. The van der Waals surface area contributed by atoms with Crippen LogP contribution in [0.4, 0.5) is 0 Å². The topological polar surface area (TPSA) is 13.1 Å². The summed E-state index contributed by atoms with van der Waals surface area (Å²) in [5.41, 5.74) is 1.14. The second kappa shape index (κ2) is 2.99. The van der Waals surface area contributed by atoms with E-state index in [0.29, 0.717) is 0 Å². The van der Waals surface area contributed by atoms with Gasteiger partial charge in [0, 0.05) is 12.0 Å². The van der Waals surface area contributed by atoms with Gasteiger partial charge in [-0.15, -0.1) is 5.92 Å². The largest absolute Gasteiger partial charge is 0.472 e. The van der Waals surface area contributed by atoms with Gasteiger partial charge in [-0.2, -0.15) is 0 Å². The van der Waals surface area contributed by atoms with Crippen LogP contribution in [0.2, 0.25) is 0 Å². The molecule has 0 aromatic carbocycles. The van der Waals surface area contributed by atoms with Gasteiger partial charge in [-0.05, 0) is 13.0 Å². The Morgan fingerprint density at radius 1 is 1.67 bits per heavy atom. The fraction of sp³-hybridized carbons (Fsp3) is 0.250. The molecule has 0 N–H and O–H groups in total. The lowest BCUT2D eigenvalue weighted by molar-refractivity contribution is 0.565. The van der Waals surface area contributed by atoms with Crippen molar-refractivity contribution < 1.29 is 4.42 Å². The van der Waals surface area contributed by atoms with Crippen molar-refractivity contribution in [1.82, 2.24) is 0 Å². The highest BCUT2D eigenvalue weighted by atomic mass is 16.3. The first kappa shape index (κ1) is 5.97. The fourth-order valence-corrected chi connectivity index (χ4v) is 0.584. The maximum Gasteiger partial charge on any atom is 0.0944 e. The molecule has 1 heteroatoms. The molecule has 9 heavy (non-hydrogen) atoms. The van der Waals surface area contributed by atoms with Gasteiger partial charge in [0.25, 0.3) is 0 Å². The molecule has 0 spiro atoms. The van der Waals surface area contributed by atoms with Crippen molar-refractivity contribution in [3.63, 3.8) is 0 Å². The molecular weight excluding hydrogens is 112 g/mol. The van der Waals surface area contributed by atoms with Crippen LogP contribution in [-0.2, 0) is 6.42 Å². The monoisotopic (exact) mass is 120 g/mol. The van der Waals surface area contributed by atoms with Gasteiger partial charge in [0.2, 0.25) is 0 Å². The minimum Gasteiger partial charge on any atom is -0.472 e. The third-order valence-corrected chi connectivity index (χ3v) is 1.05. The van der Waals surface area contributed by atoms with Gasteiger partial charge in [0.15, 0.2) is 0 Å². The van der Waals surface area contributed by atoms with Gasteiger partial charge in [-0.1, -0.05) is 5.92 Å². The second-order valence-corrected chi connectivity index (χ2v) is 1.74. The Labute approximate surface area is 54.7 Å². The fourth-order valence-electron chi connectivity index (χ4n) is 0.584. The lowest BCUT2D eigenvalue weighted by atomic mass is 10.2. The predicted molar refractivity (Wildman–Crippen MR) is 35.9 cm³/mol. The van der Waals surface area contributed by atoms with Gasteiger partial charge < -0.3 is 4.42 Å². The Hall–Kier alpha value is -1.16. The van der Waals surface area contributed by atoms with Gasteiger partial charge in [-0.25, -0.2) is 0 Å². The van der Waals surface area contributed by atoms with E-state index >= 15 is 0 Å². The molecule has 0 unspecified atom stereocenters. The summed E-state index contributed by atoms with van der Waals surface area (Å²) in [7, 11) is 0. The average Bonchev–Trinajstić information content (AvgIpc) is 2.34. The van der Waals surface area contributed by atoms with Gasteiger partial charge >= 0.3 is 0 Å². The molecule has 1 rings (SSSR count). The van der Waals surface area contributed by atoms with Crippen molar-refractivity contribution in [3.05, 3.63) is 24.2 Å². The highest BCUT2D eigenvalue weighted by Crippen LogP contribution is 1.98. The summed E-state index contributed by atoms with van der Waals surface area (Å²) in [5.74, 6) is 5.75. The van der Waals surface area contributed by atoms with Crippen molar-refractivity contribution >= 4 is 0 Å². The molecule has 0 saturated carbocycles. The van der Waals surface area contributed by atoms with Crippen LogP contribution in [0.25, 0.3) is 0 Å². The molecule has 0 fully saturated rings. The maximum absolute atomic E-state index is 4.84. The van der Waals surface area contributed by atoms with Gasteiger partial charge in [-0.3, -0.25) is 0 Å². The lowest BCUT2D eigenvalue weighted by Crippen LogP contribution is -1.72. The van der Waals surface area contributed by atoms with Crippen LogP contribution in [-0.4, -0.2) is 0 Å². The Morgan fingerprint density at radius 3 is 3.11 bits per heavy atom. The molecule has 1 nitrogen and oxygen atoms in total. The van der Waals surface area contributed by atoms with Crippen LogP contribution in [0.15, 0.2) is 23.0 Å². The molecular formula is C8H8O. The Kier molecular flexibility index (Phi) is 1.98. The summed E-state index contributed by atoms with van der Waals surface area (Å²) < 4.78 is 4.84. The number of hydrogen-bond acceptors (Lipinski definition) is 1. The van der Waals surface area contributed by atoms with E-state index in [9.17, 15) is 0 Å². The first-order valence-corrected chi connectivity index (χ1v) is 2.84. The summed E-state index contributed by atoms with van der Waals surface area (Å²) in [6.07, 6.45) is 4.17.